The van der Waals surface area contributed by atoms with Crippen LogP contribution >= 0.6 is 0 Å². The van der Waals surface area contributed by atoms with E-state index in [9.17, 15) is 14.4 Å². The summed E-state index contributed by atoms with van der Waals surface area (Å²) in [5.74, 6) is -4.70. The highest BCUT2D eigenvalue weighted by Crippen LogP contribution is 2.48. The Balaban J connectivity index is 1.58. The topological polar surface area (TPSA) is 88.2 Å². The van der Waals surface area contributed by atoms with Crippen LogP contribution in [-0.4, -0.2) is 66.6 Å². The summed E-state index contributed by atoms with van der Waals surface area (Å²) in [5, 5.41) is 2.35. The Hall–Kier alpha value is -2.91. The predicted molar refractivity (Wildman–Crippen MR) is 116 cm³/mol. The fourth-order valence-corrected chi connectivity index (χ4v) is 4.67. The van der Waals surface area contributed by atoms with Gasteiger partial charge < -0.3 is 19.3 Å². The number of carbonyl (C=O) groups excluding carboxylic acids is 3. The first-order valence-electron chi connectivity index (χ1n) is 11.2. The number of piperidine rings is 2. The Morgan fingerprint density at radius 3 is 2.64 bits per heavy atom. The molecular formula is C23H29F2N3O5. The van der Waals surface area contributed by atoms with Gasteiger partial charge in [-0.25, -0.2) is 13.6 Å². The zero-order valence-corrected chi connectivity index (χ0v) is 19.0. The van der Waals surface area contributed by atoms with Crippen LogP contribution in [0.1, 0.15) is 51.5 Å². The van der Waals surface area contributed by atoms with Crippen molar-refractivity contribution in [1.29, 1.82) is 0 Å². The van der Waals surface area contributed by atoms with E-state index in [4.69, 9.17) is 9.47 Å². The monoisotopic (exact) mass is 465 g/mol. The van der Waals surface area contributed by atoms with E-state index in [-0.39, 0.29) is 37.8 Å². The number of imide groups is 1. The molecule has 0 spiro atoms. The van der Waals surface area contributed by atoms with E-state index >= 15 is 8.78 Å². The molecule has 0 saturated carbocycles. The van der Waals surface area contributed by atoms with Gasteiger partial charge in [0.25, 0.3) is 5.92 Å². The minimum atomic E-state index is -3.19. The van der Waals surface area contributed by atoms with Crippen molar-refractivity contribution in [2.24, 2.45) is 0 Å². The van der Waals surface area contributed by atoms with E-state index in [0.29, 0.717) is 30.0 Å². The Kier molecular flexibility index (Phi) is 5.96. The average molecular weight is 465 g/mol. The van der Waals surface area contributed by atoms with Crippen LogP contribution in [0, 0.1) is 0 Å². The second-order valence-electron chi connectivity index (χ2n) is 9.71. The highest BCUT2D eigenvalue weighted by Gasteiger charge is 2.49. The smallest absolute Gasteiger partial charge is 0.410 e. The van der Waals surface area contributed by atoms with E-state index in [0.717, 1.165) is 4.90 Å². The Morgan fingerprint density at radius 2 is 1.97 bits per heavy atom. The number of rotatable bonds is 2. The molecule has 3 heterocycles. The highest BCUT2D eigenvalue weighted by molar-refractivity contribution is 6.02. The number of likely N-dealkylation sites (tertiary alicyclic amines) is 1. The SMILES string of the molecule is CC(C)(C)OC(=O)N1CC[C@H](c2cccc3c2OCCN3C2CCC(=O)NC2=O)C(F)(F)C1. The van der Waals surface area contributed by atoms with Gasteiger partial charge >= 0.3 is 6.09 Å². The molecule has 8 nitrogen and oxygen atoms in total. The van der Waals surface area contributed by atoms with E-state index in [1.165, 1.54) is 0 Å². The molecular weight excluding hydrogens is 436 g/mol. The summed E-state index contributed by atoms with van der Waals surface area (Å²) in [4.78, 5) is 39.2. The lowest BCUT2D eigenvalue weighted by Gasteiger charge is -2.42. The molecule has 180 valence electrons. The van der Waals surface area contributed by atoms with Gasteiger partial charge in [-0.3, -0.25) is 14.9 Å². The lowest BCUT2D eigenvalue weighted by atomic mass is 9.85. The van der Waals surface area contributed by atoms with Gasteiger partial charge in [0.2, 0.25) is 11.8 Å². The van der Waals surface area contributed by atoms with Crippen LogP contribution in [0.15, 0.2) is 18.2 Å². The second-order valence-corrected chi connectivity index (χ2v) is 9.71. The number of anilines is 1. The minimum Gasteiger partial charge on any atom is -0.489 e. The van der Waals surface area contributed by atoms with Crippen molar-refractivity contribution in [3.63, 3.8) is 0 Å². The van der Waals surface area contributed by atoms with Crippen LogP contribution in [0.5, 0.6) is 5.75 Å². The van der Waals surface area contributed by atoms with E-state index < -0.39 is 36.1 Å². The van der Waals surface area contributed by atoms with Crippen molar-refractivity contribution < 1.29 is 32.6 Å². The number of hydrogen-bond acceptors (Lipinski definition) is 6. The molecule has 3 aliphatic heterocycles. The first-order chi connectivity index (χ1) is 15.5. The lowest BCUT2D eigenvalue weighted by molar-refractivity contribution is -0.134. The van der Waals surface area contributed by atoms with Gasteiger partial charge in [0.15, 0.2) is 0 Å². The summed E-state index contributed by atoms with van der Waals surface area (Å²) in [6.45, 7) is 5.12. The Morgan fingerprint density at radius 1 is 1.21 bits per heavy atom. The standard InChI is InChI=1S/C23H29F2N3O5/c1-22(2,3)33-21(31)27-10-9-15(23(24,25)13-27)14-5-4-6-16-19(14)32-12-11-28(16)17-7-8-18(29)26-20(17)30/h4-6,15,17H,7-13H2,1-3H3,(H,26,29,30)/t15-,17?/m1/s1. The number of hydrogen-bond donors (Lipinski definition) is 1. The van der Waals surface area contributed by atoms with Crippen LogP contribution in [0.3, 0.4) is 0 Å². The molecule has 4 rings (SSSR count). The molecule has 1 N–H and O–H groups in total. The summed E-state index contributed by atoms with van der Waals surface area (Å²) in [5.41, 5.74) is 0.159. The largest absolute Gasteiger partial charge is 0.489 e. The molecule has 1 aromatic carbocycles. The fraction of sp³-hybridized carbons (Fsp3) is 0.609. The Labute approximate surface area is 191 Å². The molecule has 2 saturated heterocycles. The van der Waals surface area contributed by atoms with Gasteiger partial charge in [-0.2, -0.15) is 0 Å². The normalized spacial score (nSPS) is 25.1. The van der Waals surface area contributed by atoms with Crippen molar-refractivity contribution in [1.82, 2.24) is 10.2 Å². The van der Waals surface area contributed by atoms with Crippen LogP contribution in [-0.2, 0) is 14.3 Å². The second kappa shape index (κ2) is 8.46. The van der Waals surface area contributed by atoms with Crippen molar-refractivity contribution in [3.8, 4) is 5.75 Å². The van der Waals surface area contributed by atoms with E-state index in [2.05, 4.69) is 5.32 Å². The zero-order chi connectivity index (χ0) is 24.0. The van der Waals surface area contributed by atoms with Gasteiger partial charge in [-0.1, -0.05) is 12.1 Å². The number of carbonyl (C=O) groups is 3. The van der Waals surface area contributed by atoms with Crippen molar-refractivity contribution >= 4 is 23.6 Å². The van der Waals surface area contributed by atoms with Gasteiger partial charge in [0.05, 0.1) is 24.7 Å². The molecule has 2 fully saturated rings. The molecule has 0 aromatic heterocycles. The van der Waals surface area contributed by atoms with Gasteiger partial charge in [-0.05, 0) is 39.7 Å². The molecule has 1 unspecified atom stereocenters. The first-order valence-corrected chi connectivity index (χ1v) is 11.2. The maximum Gasteiger partial charge on any atom is 0.410 e. The van der Waals surface area contributed by atoms with Crippen LogP contribution in [0.4, 0.5) is 19.3 Å². The predicted octanol–water partition coefficient (Wildman–Crippen LogP) is 3.05. The van der Waals surface area contributed by atoms with Crippen molar-refractivity contribution in [2.45, 2.75) is 63.5 Å². The third kappa shape index (κ3) is 4.74. The van der Waals surface area contributed by atoms with Gasteiger partial charge in [0.1, 0.15) is 24.0 Å². The molecule has 0 bridgehead atoms. The molecule has 2 atom stereocenters. The van der Waals surface area contributed by atoms with Crippen LogP contribution in [0.2, 0.25) is 0 Å². The number of ether oxygens (including phenoxy) is 2. The number of amides is 3. The zero-order valence-electron chi connectivity index (χ0n) is 19.0. The summed E-state index contributed by atoms with van der Waals surface area (Å²) >= 11 is 0. The highest BCUT2D eigenvalue weighted by atomic mass is 19.3. The molecule has 0 radical (unpaired) electrons. The van der Waals surface area contributed by atoms with Gasteiger partial charge in [0, 0.05) is 18.5 Å². The number of alkyl halides is 2. The lowest BCUT2D eigenvalue weighted by Crippen LogP contribution is -2.54. The quantitative estimate of drug-likeness (QED) is 0.676. The first kappa shape index (κ1) is 23.3. The maximum atomic E-state index is 15.3. The van der Waals surface area contributed by atoms with Crippen molar-refractivity contribution in [2.75, 3.05) is 31.1 Å². The van der Waals surface area contributed by atoms with Gasteiger partial charge in [-0.15, -0.1) is 0 Å². The van der Waals surface area contributed by atoms with Crippen LogP contribution < -0.4 is 15.0 Å². The molecule has 1 aromatic rings. The third-order valence-corrected chi connectivity index (χ3v) is 6.13. The van der Waals surface area contributed by atoms with Crippen molar-refractivity contribution in [3.05, 3.63) is 23.8 Å². The van der Waals surface area contributed by atoms with Crippen LogP contribution in [0.25, 0.3) is 0 Å². The molecule has 0 aliphatic carbocycles. The minimum absolute atomic E-state index is 0.0461. The molecule has 33 heavy (non-hydrogen) atoms. The number of benzene rings is 1. The summed E-state index contributed by atoms with van der Waals surface area (Å²) in [6.07, 6.45) is -0.122. The molecule has 3 aliphatic rings. The van der Waals surface area contributed by atoms with E-state index in [1.54, 1.807) is 39.0 Å². The third-order valence-electron chi connectivity index (χ3n) is 6.13. The molecule has 3 amide bonds. The number of halogens is 2. The number of nitrogens with zero attached hydrogens (tertiary/aromatic N) is 2. The average Bonchev–Trinajstić information content (AvgIpc) is 2.71. The maximum absolute atomic E-state index is 15.3. The summed E-state index contributed by atoms with van der Waals surface area (Å²) in [6, 6.07) is 4.48. The molecule has 10 heteroatoms. The Bertz CT molecular complexity index is 962. The number of para-hydroxylation sites is 1. The van der Waals surface area contributed by atoms with E-state index in [1.807, 2.05) is 4.90 Å². The number of nitrogens with one attached hydrogen (secondary N) is 1. The summed E-state index contributed by atoms with van der Waals surface area (Å²) in [7, 11) is 0. The summed E-state index contributed by atoms with van der Waals surface area (Å²) < 4.78 is 41.7. The number of fused-ring (bicyclic) bond motifs is 1. The fourth-order valence-electron chi connectivity index (χ4n) is 4.67.